The summed E-state index contributed by atoms with van der Waals surface area (Å²) in [6.45, 7) is 5.63. The molecule has 0 spiro atoms. The highest BCUT2D eigenvalue weighted by Crippen LogP contribution is 2.47. The van der Waals surface area contributed by atoms with Crippen LogP contribution in [0.15, 0.2) is 24.5 Å². The molecule has 1 saturated carbocycles. The van der Waals surface area contributed by atoms with E-state index >= 15 is 0 Å². The molecule has 0 radical (unpaired) electrons. The Morgan fingerprint density at radius 1 is 1.32 bits per heavy atom. The second-order valence-electron chi connectivity index (χ2n) is 7.50. The number of nitriles is 1. The van der Waals surface area contributed by atoms with Crippen molar-refractivity contribution in [2.75, 3.05) is 6.61 Å². The minimum Gasteiger partial charge on any atom is -0.396 e. The third-order valence-corrected chi connectivity index (χ3v) is 5.10. The van der Waals surface area contributed by atoms with Crippen LogP contribution in [0.1, 0.15) is 45.1 Å². The SMILES string of the molecule is C[C@]1(CO)CCC[C@](C)(Cn2cnc3ccc(C#N)cc32)C1. The third kappa shape index (κ3) is 2.74. The lowest BCUT2D eigenvalue weighted by molar-refractivity contribution is 0.0234. The van der Waals surface area contributed by atoms with Crippen molar-refractivity contribution in [1.82, 2.24) is 9.55 Å². The van der Waals surface area contributed by atoms with E-state index in [-0.39, 0.29) is 17.4 Å². The van der Waals surface area contributed by atoms with E-state index in [2.05, 4.69) is 29.5 Å². The zero-order chi connectivity index (χ0) is 15.8. The summed E-state index contributed by atoms with van der Waals surface area (Å²) in [5.74, 6) is 0. The van der Waals surface area contributed by atoms with Gasteiger partial charge in [0.1, 0.15) is 0 Å². The standard InChI is InChI=1S/C18H23N3O/c1-17(6-3-7-18(2,10-17)12-22)11-21-13-20-15-5-4-14(9-19)8-16(15)21/h4-5,8,13,22H,3,6-7,10-12H2,1-2H3/t17-,18-/m0/s1. The molecule has 1 aromatic carbocycles. The smallest absolute Gasteiger partial charge is 0.0992 e. The zero-order valence-electron chi connectivity index (χ0n) is 13.3. The van der Waals surface area contributed by atoms with E-state index in [1.54, 1.807) is 0 Å². The molecule has 3 rings (SSSR count). The Kier molecular flexibility index (Phi) is 3.70. The summed E-state index contributed by atoms with van der Waals surface area (Å²) in [5.41, 5.74) is 2.82. The van der Waals surface area contributed by atoms with Crippen LogP contribution in [0.25, 0.3) is 11.0 Å². The van der Waals surface area contributed by atoms with Gasteiger partial charge in [0.2, 0.25) is 0 Å². The van der Waals surface area contributed by atoms with E-state index in [9.17, 15) is 5.11 Å². The molecule has 1 heterocycles. The van der Waals surface area contributed by atoms with Crippen molar-refractivity contribution in [1.29, 1.82) is 5.26 Å². The highest BCUT2D eigenvalue weighted by molar-refractivity contribution is 5.76. The lowest BCUT2D eigenvalue weighted by Gasteiger charge is -2.44. The number of fused-ring (bicyclic) bond motifs is 1. The second kappa shape index (κ2) is 5.40. The first-order valence-corrected chi connectivity index (χ1v) is 7.93. The van der Waals surface area contributed by atoms with E-state index in [0.717, 1.165) is 36.8 Å². The van der Waals surface area contributed by atoms with Gasteiger partial charge in [0.25, 0.3) is 0 Å². The monoisotopic (exact) mass is 297 g/mol. The van der Waals surface area contributed by atoms with Crippen molar-refractivity contribution < 1.29 is 5.11 Å². The van der Waals surface area contributed by atoms with E-state index in [1.165, 1.54) is 6.42 Å². The topological polar surface area (TPSA) is 61.8 Å². The van der Waals surface area contributed by atoms with Gasteiger partial charge in [-0.3, -0.25) is 0 Å². The molecule has 0 aliphatic heterocycles. The molecular weight excluding hydrogens is 274 g/mol. The number of imidazole rings is 1. The van der Waals surface area contributed by atoms with Gasteiger partial charge in [0, 0.05) is 13.2 Å². The van der Waals surface area contributed by atoms with Crippen molar-refractivity contribution >= 4 is 11.0 Å². The van der Waals surface area contributed by atoms with E-state index in [0.29, 0.717) is 5.56 Å². The average Bonchev–Trinajstić information content (AvgIpc) is 2.88. The molecule has 22 heavy (non-hydrogen) atoms. The minimum absolute atomic E-state index is 0.0290. The third-order valence-electron chi connectivity index (χ3n) is 5.10. The maximum atomic E-state index is 9.69. The van der Waals surface area contributed by atoms with Crippen LogP contribution in [-0.2, 0) is 6.54 Å². The number of aliphatic hydroxyl groups is 1. The Morgan fingerprint density at radius 2 is 2.09 bits per heavy atom. The van der Waals surface area contributed by atoms with Crippen molar-refractivity contribution in [2.45, 2.75) is 46.1 Å². The average molecular weight is 297 g/mol. The Morgan fingerprint density at radius 3 is 2.82 bits per heavy atom. The molecule has 2 atom stereocenters. The molecule has 1 aromatic heterocycles. The highest BCUT2D eigenvalue weighted by Gasteiger charge is 2.39. The van der Waals surface area contributed by atoms with Gasteiger partial charge in [0.05, 0.1) is 29.0 Å². The lowest BCUT2D eigenvalue weighted by atomic mass is 9.64. The number of rotatable bonds is 3. The fourth-order valence-corrected chi connectivity index (χ4v) is 4.08. The first-order valence-electron chi connectivity index (χ1n) is 7.93. The predicted octanol–water partition coefficient (Wildman–Crippen LogP) is 3.49. The van der Waals surface area contributed by atoms with Crippen molar-refractivity contribution in [3.8, 4) is 6.07 Å². The molecular formula is C18H23N3O. The summed E-state index contributed by atoms with van der Waals surface area (Å²) in [6.07, 6.45) is 6.32. The fourth-order valence-electron chi connectivity index (χ4n) is 4.08. The number of hydrogen-bond donors (Lipinski definition) is 1. The molecule has 0 bridgehead atoms. The van der Waals surface area contributed by atoms with Gasteiger partial charge in [0.15, 0.2) is 0 Å². The first kappa shape index (κ1) is 15.1. The van der Waals surface area contributed by atoms with Gasteiger partial charge in [-0.2, -0.15) is 5.26 Å². The summed E-state index contributed by atoms with van der Waals surface area (Å²) < 4.78 is 2.17. The van der Waals surface area contributed by atoms with Gasteiger partial charge in [-0.15, -0.1) is 0 Å². The molecule has 0 unspecified atom stereocenters. The second-order valence-corrected chi connectivity index (χ2v) is 7.50. The van der Waals surface area contributed by atoms with Crippen molar-refractivity contribution in [3.63, 3.8) is 0 Å². The fraction of sp³-hybridized carbons (Fsp3) is 0.556. The minimum atomic E-state index is 0.0290. The van der Waals surface area contributed by atoms with Crippen molar-refractivity contribution in [2.24, 2.45) is 10.8 Å². The Bertz CT molecular complexity index is 729. The van der Waals surface area contributed by atoms with E-state index < -0.39 is 0 Å². The molecule has 116 valence electrons. The van der Waals surface area contributed by atoms with Gasteiger partial charge < -0.3 is 9.67 Å². The normalized spacial score (nSPS) is 28.6. The van der Waals surface area contributed by atoms with Crippen LogP contribution in [0.3, 0.4) is 0 Å². The zero-order valence-corrected chi connectivity index (χ0v) is 13.3. The Hall–Kier alpha value is -1.86. The van der Waals surface area contributed by atoms with E-state index in [4.69, 9.17) is 5.26 Å². The number of benzene rings is 1. The highest BCUT2D eigenvalue weighted by atomic mass is 16.3. The molecule has 4 nitrogen and oxygen atoms in total. The number of aliphatic hydroxyl groups excluding tert-OH is 1. The molecule has 0 amide bonds. The molecule has 2 aromatic rings. The van der Waals surface area contributed by atoms with Crippen LogP contribution in [0, 0.1) is 22.2 Å². The summed E-state index contributed by atoms with van der Waals surface area (Å²) in [6, 6.07) is 7.83. The van der Waals surface area contributed by atoms with Crippen LogP contribution < -0.4 is 0 Å². The summed E-state index contributed by atoms with van der Waals surface area (Å²) in [4.78, 5) is 4.45. The summed E-state index contributed by atoms with van der Waals surface area (Å²) in [5, 5.41) is 18.8. The molecule has 1 N–H and O–H groups in total. The quantitative estimate of drug-likeness (QED) is 0.943. The molecule has 1 aliphatic rings. The maximum Gasteiger partial charge on any atom is 0.0992 e. The first-order chi connectivity index (χ1) is 10.5. The Balaban J connectivity index is 1.91. The van der Waals surface area contributed by atoms with Crippen LogP contribution in [0.5, 0.6) is 0 Å². The number of nitrogens with zero attached hydrogens (tertiary/aromatic N) is 3. The summed E-state index contributed by atoms with van der Waals surface area (Å²) in [7, 11) is 0. The van der Waals surface area contributed by atoms with Gasteiger partial charge in [-0.25, -0.2) is 4.98 Å². The van der Waals surface area contributed by atoms with Crippen molar-refractivity contribution in [3.05, 3.63) is 30.1 Å². The Labute approximate surface area is 131 Å². The number of hydrogen-bond acceptors (Lipinski definition) is 3. The predicted molar refractivity (Wildman–Crippen MR) is 86.2 cm³/mol. The van der Waals surface area contributed by atoms with Crippen LogP contribution in [-0.4, -0.2) is 21.3 Å². The summed E-state index contributed by atoms with van der Waals surface area (Å²) >= 11 is 0. The molecule has 1 aliphatic carbocycles. The number of aromatic nitrogens is 2. The maximum absolute atomic E-state index is 9.69. The molecule has 1 fully saturated rings. The molecule has 0 saturated heterocycles. The van der Waals surface area contributed by atoms with Gasteiger partial charge in [-0.05, 0) is 48.3 Å². The van der Waals surface area contributed by atoms with E-state index in [1.807, 2.05) is 24.5 Å². The lowest BCUT2D eigenvalue weighted by Crippen LogP contribution is -2.37. The van der Waals surface area contributed by atoms with Gasteiger partial charge in [-0.1, -0.05) is 20.3 Å². The molecule has 4 heteroatoms. The van der Waals surface area contributed by atoms with Gasteiger partial charge >= 0.3 is 0 Å². The van der Waals surface area contributed by atoms with Crippen LogP contribution in [0.2, 0.25) is 0 Å². The van der Waals surface area contributed by atoms with Crippen LogP contribution in [0.4, 0.5) is 0 Å². The van der Waals surface area contributed by atoms with Crippen LogP contribution >= 0.6 is 0 Å². The largest absolute Gasteiger partial charge is 0.396 e.